The summed E-state index contributed by atoms with van der Waals surface area (Å²) in [5.74, 6) is -0.0842. The van der Waals surface area contributed by atoms with Gasteiger partial charge in [-0.05, 0) is 77.0 Å². The Bertz CT molecular complexity index is 1010. The van der Waals surface area contributed by atoms with Gasteiger partial charge in [-0.15, -0.1) is 0 Å². The van der Waals surface area contributed by atoms with E-state index in [1.54, 1.807) is 18.7 Å². The Hall–Kier alpha value is -2.87. The average molecular weight is 482 g/mol. The van der Waals surface area contributed by atoms with Crippen LogP contribution in [0, 0.1) is 19.8 Å². The van der Waals surface area contributed by atoms with Crippen LogP contribution in [0.15, 0.2) is 24.3 Å². The number of nitrogens with zero attached hydrogens (tertiary/aromatic N) is 2. The van der Waals surface area contributed by atoms with E-state index in [1.165, 1.54) is 6.42 Å². The maximum atomic E-state index is 13.5. The highest BCUT2D eigenvalue weighted by Gasteiger charge is 2.40. The molecule has 1 saturated carbocycles. The predicted octanol–water partition coefficient (Wildman–Crippen LogP) is 4.53. The van der Waals surface area contributed by atoms with Crippen LogP contribution in [0.1, 0.15) is 70.2 Å². The molecule has 35 heavy (non-hydrogen) atoms. The van der Waals surface area contributed by atoms with Gasteiger partial charge in [0, 0.05) is 23.5 Å². The van der Waals surface area contributed by atoms with Crippen LogP contribution in [0.3, 0.4) is 0 Å². The number of rotatable bonds is 6. The number of hydrogen-bond acceptors (Lipinski definition) is 4. The number of carbonyl (C=O) groups is 2. The highest BCUT2D eigenvalue weighted by Crippen LogP contribution is 2.30. The zero-order chi connectivity index (χ0) is 25.2. The molecule has 190 valence electrons. The number of benzene rings is 1. The first-order chi connectivity index (χ1) is 16.6. The fraction of sp³-hybridized carbons (Fsp3) is 0.593. The van der Waals surface area contributed by atoms with E-state index in [2.05, 4.69) is 20.8 Å². The van der Waals surface area contributed by atoms with E-state index in [1.807, 2.05) is 38.1 Å². The van der Waals surface area contributed by atoms with Crippen LogP contribution in [0.2, 0.25) is 0 Å². The molecule has 2 fully saturated rings. The number of H-pyrrole nitrogens is 1. The Balaban J connectivity index is 1.48. The summed E-state index contributed by atoms with van der Waals surface area (Å²) in [6, 6.07) is 6.62. The second-order valence-corrected chi connectivity index (χ2v) is 10.7. The molecule has 8 nitrogen and oxygen atoms in total. The zero-order valence-corrected chi connectivity index (χ0v) is 21.4. The van der Waals surface area contributed by atoms with Gasteiger partial charge in [-0.1, -0.05) is 31.4 Å². The molecule has 4 rings (SSSR count). The van der Waals surface area contributed by atoms with Crippen molar-refractivity contribution in [3.8, 4) is 11.1 Å². The standard InChI is InChI=1S/C27H39N5O3/c1-17-23(18(2)31-30-17)19-12-14-21(15-13-19)28-25(33)24(20-9-6-5-7-10-20)29-26(34)32-16-8-11-22(32)27(3,4)35/h12-15,20,22,24,35H,5-11,16H2,1-4H3,(H,28,33)(H,29,34)(H,30,31). The van der Waals surface area contributed by atoms with Crippen molar-refractivity contribution < 1.29 is 14.7 Å². The minimum atomic E-state index is -0.982. The maximum absolute atomic E-state index is 13.5. The van der Waals surface area contributed by atoms with Crippen LogP contribution < -0.4 is 10.6 Å². The molecule has 0 spiro atoms. The number of nitrogens with one attached hydrogen (secondary N) is 3. The number of carbonyl (C=O) groups excluding carboxylic acids is 2. The van der Waals surface area contributed by atoms with Gasteiger partial charge in [0.05, 0.1) is 17.3 Å². The third kappa shape index (κ3) is 5.69. The fourth-order valence-corrected chi connectivity index (χ4v) is 5.74. The summed E-state index contributed by atoms with van der Waals surface area (Å²) in [5.41, 5.74) is 3.77. The van der Waals surface area contributed by atoms with Crippen molar-refractivity contribution >= 4 is 17.6 Å². The molecule has 3 amide bonds. The predicted molar refractivity (Wildman–Crippen MR) is 137 cm³/mol. The topological polar surface area (TPSA) is 110 Å². The van der Waals surface area contributed by atoms with Gasteiger partial charge in [0.1, 0.15) is 6.04 Å². The summed E-state index contributed by atoms with van der Waals surface area (Å²) < 4.78 is 0. The van der Waals surface area contributed by atoms with Crippen LogP contribution >= 0.6 is 0 Å². The summed E-state index contributed by atoms with van der Waals surface area (Å²) >= 11 is 0. The van der Waals surface area contributed by atoms with Crippen LogP contribution in [-0.2, 0) is 4.79 Å². The second kappa shape index (κ2) is 10.4. The lowest BCUT2D eigenvalue weighted by molar-refractivity contribution is -0.119. The van der Waals surface area contributed by atoms with Crippen LogP contribution in [0.5, 0.6) is 0 Å². The van der Waals surface area contributed by atoms with Gasteiger partial charge in [-0.3, -0.25) is 9.89 Å². The zero-order valence-electron chi connectivity index (χ0n) is 21.4. The van der Waals surface area contributed by atoms with Crippen LogP contribution in [0.4, 0.5) is 10.5 Å². The van der Waals surface area contributed by atoms with E-state index in [0.29, 0.717) is 12.2 Å². The van der Waals surface area contributed by atoms with E-state index >= 15 is 0 Å². The largest absolute Gasteiger partial charge is 0.388 e. The number of amides is 3. The molecule has 0 radical (unpaired) electrons. The normalized spacial score (nSPS) is 20.0. The van der Waals surface area contributed by atoms with Gasteiger partial charge in [-0.2, -0.15) is 5.10 Å². The first-order valence-electron chi connectivity index (χ1n) is 12.9. The third-order valence-electron chi connectivity index (χ3n) is 7.58. The summed E-state index contributed by atoms with van der Waals surface area (Å²) in [4.78, 5) is 28.4. The summed E-state index contributed by atoms with van der Waals surface area (Å²) in [6.07, 6.45) is 6.76. The number of hydrogen-bond donors (Lipinski definition) is 4. The maximum Gasteiger partial charge on any atom is 0.318 e. The molecule has 2 aromatic rings. The Morgan fingerprint density at radius 1 is 1.09 bits per heavy atom. The van der Waals surface area contributed by atoms with Crippen LogP contribution in [-0.4, -0.2) is 56.4 Å². The Labute approximate surface area is 207 Å². The summed E-state index contributed by atoms with van der Waals surface area (Å²) in [7, 11) is 0. The number of likely N-dealkylation sites (tertiary alicyclic amines) is 1. The molecular formula is C27H39N5O3. The smallest absolute Gasteiger partial charge is 0.318 e. The molecule has 1 saturated heterocycles. The Kier molecular flexibility index (Phi) is 7.50. The van der Waals surface area contributed by atoms with E-state index < -0.39 is 11.6 Å². The molecule has 4 N–H and O–H groups in total. The van der Waals surface area contributed by atoms with E-state index in [9.17, 15) is 14.7 Å². The van der Waals surface area contributed by atoms with E-state index in [4.69, 9.17) is 0 Å². The molecule has 0 bridgehead atoms. The lowest BCUT2D eigenvalue weighted by atomic mass is 9.83. The van der Waals surface area contributed by atoms with Gasteiger partial charge in [0.15, 0.2) is 0 Å². The number of aromatic nitrogens is 2. The average Bonchev–Trinajstić information content (AvgIpc) is 3.45. The van der Waals surface area contributed by atoms with Crippen molar-refractivity contribution in [1.82, 2.24) is 20.4 Å². The lowest BCUT2D eigenvalue weighted by Crippen LogP contribution is -2.57. The quantitative estimate of drug-likeness (QED) is 0.486. The fourth-order valence-electron chi connectivity index (χ4n) is 5.74. The molecule has 8 heteroatoms. The Morgan fingerprint density at radius 2 is 1.77 bits per heavy atom. The minimum Gasteiger partial charge on any atom is -0.388 e. The molecule has 2 unspecified atom stereocenters. The van der Waals surface area contributed by atoms with Gasteiger partial charge >= 0.3 is 6.03 Å². The van der Waals surface area contributed by atoms with E-state index in [0.717, 1.165) is 61.0 Å². The SMILES string of the molecule is Cc1n[nH]c(C)c1-c1ccc(NC(=O)C(NC(=O)N2CCCC2C(C)(C)O)C2CCCCC2)cc1. The van der Waals surface area contributed by atoms with Crippen molar-refractivity contribution in [2.45, 2.75) is 90.3 Å². The monoisotopic (exact) mass is 481 g/mol. The molecule has 2 atom stereocenters. The summed E-state index contributed by atoms with van der Waals surface area (Å²) in [5, 5.41) is 23.9. The number of aliphatic hydroxyl groups is 1. The molecule has 1 aliphatic carbocycles. The molecule has 1 aliphatic heterocycles. The van der Waals surface area contributed by atoms with Crippen molar-refractivity contribution in [1.29, 1.82) is 0 Å². The molecular weight excluding hydrogens is 442 g/mol. The van der Waals surface area contributed by atoms with Gasteiger partial charge in [0.25, 0.3) is 0 Å². The summed E-state index contributed by atoms with van der Waals surface area (Å²) in [6.45, 7) is 8.03. The van der Waals surface area contributed by atoms with Crippen LogP contribution in [0.25, 0.3) is 11.1 Å². The number of urea groups is 1. The minimum absolute atomic E-state index is 0.103. The van der Waals surface area contributed by atoms with Crippen molar-refractivity contribution in [2.24, 2.45) is 5.92 Å². The van der Waals surface area contributed by atoms with E-state index in [-0.39, 0.29) is 23.9 Å². The second-order valence-electron chi connectivity index (χ2n) is 10.7. The van der Waals surface area contributed by atoms with Crippen molar-refractivity contribution in [3.63, 3.8) is 0 Å². The Morgan fingerprint density at radius 3 is 2.37 bits per heavy atom. The highest BCUT2D eigenvalue weighted by molar-refractivity contribution is 5.97. The van der Waals surface area contributed by atoms with Gasteiger partial charge in [0.2, 0.25) is 5.91 Å². The first kappa shape index (κ1) is 25.2. The number of aryl methyl sites for hydroxylation is 2. The first-order valence-corrected chi connectivity index (χ1v) is 12.9. The molecule has 1 aromatic heterocycles. The van der Waals surface area contributed by atoms with Gasteiger partial charge < -0.3 is 20.6 Å². The number of anilines is 1. The molecule has 2 aliphatic rings. The molecule has 2 heterocycles. The van der Waals surface area contributed by atoms with Crippen molar-refractivity contribution in [2.75, 3.05) is 11.9 Å². The highest BCUT2D eigenvalue weighted by atomic mass is 16.3. The van der Waals surface area contributed by atoms with Gasteiger partial charge in [-0.25, -0.2) is 4.79 Å². The third-order valence-corrected chi connectivity index (χ3v) is 7.58. The number of aromatic amines is 1. The van der Waals surface area contributed by atoms with Crippen molar-refractivity contribution in [3.05, 3.63) is 35.7 Å². The lowest BCUT2D eigenvalue weighted by Gasteiger charge is -2.36. The molecule has 1 aromatic carbocycles.